The van der Waals surface area contributed by atoms with Crippen molar-refractivity contribution in [3.05, 3.63) is 11.6 Å². The molecular weight excluding hydrogens is 340 g/mol. The van der Waals surface area contributed by atoms with Crippen molar-refractivity contribution in [3.8, 4) is 0 Å². The summed E-state index contributed by atoms with van der Waals surface area (Å²) in [5, 5.41) is 7.13. The lowest BCUT2D eigenvalue weighted by atomic mass is 10.4. The second kappa shape index (κ2) is 11.3. The molecule has 8 nitrogen and oxygen atoms in total. The van der Waals surface area contributed by atoms with Gasteiger partial charge in [0.05, 0.1) is 0 Å². The number of nitrogens with zero attached hydrogens (tertiary/aromatic N) is 3. The highest BCUT2D eigenvalue weighted by Gasteiger charge is 2.39. The molecule has 0 saturated carbocycles. The van der Waals surface area contributed by atoms with Gasteiger partial charge in [-0.05, 0) is 27.2 Å². The zero-order valence-corrected chi connectivity index (χ0v) is 17.1. The van der Waals surface area contributed by atoms with Gasteiger partial charge in [0, 0.05) is 45.3 Å². The lowest BCUT2D eigenvalue weighted by molar-refractivity contribution is 0.0708. The highest BCUT2D eigenvalue weighted by Crippen LogP contribution is 2.17. The topological polar surface area (TPSA) is 87.5 Å². The number of carbonyl (C=O) groups is 1. The van der Waals surface area contributed by atoms with E-state index in [0.29, 0.717) is 56.9 Å². The maximum atomic E-state index is 12.3. The van der Waals surface area contributed by atoms with E-state index in [-0.39, 0.29) is 6.03 Å². The van der Waals surface area contributed by atoms with Crippen LogP contribution in [0.4, 0.5) is 4.79 Å². The molecule has 0 spiro atoms. The van der Waals surface area contributed by atoms with Crippen LogP contribution in [0, 0.1) is 0 Å². The van der Waals surface area contributed by atoms with Gasteiger partial charge >= 0.3 is 14.8 Å². The predicted molar refractivity (Wildman–Crippen MR) is 97.6 cm³/mol. The van der Waals surface area contributed by atoms with E-state index < -0.39 is 8.80 Å². The first-order valence-electron chi connectivity index (χ1n) is 9.20. The molecule has 0 aliphatic rings. The van der Waals surface area contributed by atoms with Gasteiger partial charge in [0.2, 0.25) is 0 Å². The second-order valence-corrected chi connectivity index (χ2v) is 8.11. The second-order valence-electron chi connectivity index (χ2n) is 5.38. The summed E-state index contributed by atoms with van der Waals surface area (Å²) in [6.07, 6.45) is 2.09. The molecule has 1 N–H and O–H groups in total. The Morgan fingerprint density at radius 2 is 1.64 bits per heavy atom. The quantitative estimate of drug-likeness (QED) is 0.448. The number of hydrogen-bond donors (Lipinski definition) is 1. The largest absolute Gasteiger partial charge is 0.500 e. The van der Waals surface area contributed by atoms with Crippen LogP contribution in [-0.4, -0.2) is 56.0 Å². The van der Waals surface area contributed by atoms with Crippen LogP contribution in [0.25, 0.3) is 0 Å². The first-order chi connectivity index (χ1) is 12.1. The molecular formula is C16H32N4O4Si. The number of rotatable bonds is 12. The van der Waals surface area contributed by atoms with Crippen LogP contribution in [0.3, 0.4) is 0 Å². The summed E-state index contributed by atoms with van der Waals surface area (Å²) < 4.78 is 18.8. The number of hydrogen-bond acceptors (Lipinski definition) is 6. The van der Waals surface area contributed by atoms with E-state index in [1.807, 2.05) is 34.6 Å². The van der Waals surface area contributed by atoms with Gasteiger partial charge in [0.15, 0.2) is 5.82 Å². The highest BCUT2D eigenvalue weighted by molar-refractivity contribution is 6.60. The Balaban J connectivity index is 2.57. The van der Waals surface area contributed by atoms with E-state index >= 15 is 0 Å². The van der Waals surface area contributed by atoms with Crippen molar-refractivity contribution in [2.75, 3.05) is 26.4 Å². The van der Waals surface area contributed by atoms with Gasteiger partial charge in [-0.2, -0.15) is 4.68 Å². The average Bonchev–Trinajstić information content (AvgIpc) is 3.03. The van der Waals surface area contributed by atoms with Crippen LogP contribution in [0.5, 0.6) is 0 Å². The van der Waals surface area contributed by atoms with Gasteiger partial charge in [-0.25, -0.2) is 9.78 Å². The average molecular weight is 373 g/mol. The van der Waals surface area contributed by atoms with Crippen LogP contribution < -0.4 is 5.32 Å². The maximum Gasteiger partial charge on any atom is 0.500 e. The summed E-state index contributed by atoms with van der Waals surface area (Å²) in [5.41, 5.74) is 0. The van der Waals surface area contributed by atoms with Gasteiger partial charge in [-0.3, -0.25) is 0 Å². The molecule has 1 rings (SSSR count). The fraction of sp³-hybridized carbons (Fsp3) is 0.812. The molecule has 1 amide bonds. The molecule has 0 atom stereocenters. The maximum absolute atomic E-state index is 12.3. The molecule has 144 valence electrons. The van der Waals surface area contributed by atoms with Crippen LogP contribution in [0.15, 0.2) is 0 Å². The smallest absolute Gasteiger partial charge is 0.374 e. The molecule has 9 heteroatoms. The summed E-state index contributed by atoms with van der Waals surface area (Å²) >= 11 is 0. The van der Waals surface area contributed by atoms with Crippen molar-refractivity contribution >= 4 is 14.8 Å². The summed E-state index contributed by atoms with van der Waals surface area (Å²) in [6.45, 7) is 11.9. The lowest BCUT2D eigenvalue weighted by Gasteiger charge is -2.28. The number of carbonyl (C=O) groups excluding carboxylic acids is 1. The zero-order chi connectivity index (χ0) is 18.7. The first-order valence-corrected chi connectivity index (χ1v) is 11.1. The van der Waals surface area contributed by atoms with E-state index in [2.05, 4.69) is 15.4 Å². The molecule has 0 aliphatic heterocycles. The number of amides is 1. The fourth-order valence-corrected chi connectivity index (χ4v) is 5.12. The molecule has 0 saturated heterocycles. The van der Waals surface area contributed by atoms with Gasteiger partial charge in [0.25, 0.3) is 0 Å². The van der Waals surface area contributed by atoms with Gasteiger partial charge in [-0.15, -0.1) is 5.10 Å². The van der Waals surface area contributed by atoms with Crippen molar-refractivity contribution in [3.63, 3.8) is 0 Å². The van der Waals surface area contributed by atoms with Crippen molar-refractivity contribution in [2.24, 2.45) is 0 Å². The molecule has 0 aromatic carbocycles. The molecule has 1 aromatic heterocycles. The van der Waals surface area contributed by atoms with Crippen LogP contribution in [-0.2, 0) is 26.1 Å². The fourth-order valence-electron chi connectivity index (χ4n) is 2.51. The third kappa shape index (κ3) is 6.50. The van der Waals surface area contributed by atoms with Crippen LogP contribution in [0.1, 0.15) is 52.7 Å². The summed E-state index contributed by atoms with van der Waals surface area (Å²) in [5.74, 6) is 1.36. The van der Waals surface area contributed by atoms with E-state index in [9.17, 15) is 4.79 Å². The first kappa shape index (κ1) is 21.7. The van der Waals surface area contributed by atoms with Crippen molar-refractivity contribution in [1.29, 1.82) is 0 Å². The molecule has 0 aliphatic carbocycles. The van der Waals surface area contributed by atoms with Gasteiger partial charge in [-0.1, -0.05) is 13.8 Å². The minimum absolute atomic E-state index is 0.249. The number of nitrogens with one attached hydrogen (secondary N) is 1. The molecule has 25 heavy (non-hydrogen) atoms. The van der Waals surface area contributed by atoms with E-state index in [1.54, 1.807) is 0 Å². The number of aromatic nitrogens is 3. The Kier molecular flexibility index (Phi) is 9.87. The Morgan fingerprint density at radius 3 is 2.12 bits per heavy atom. The van der Waals surface area contributed by atoms with Gasteiger partial charge < -0.3 is 18.6 Å². The Hall–Kier alpha value is -1.29. The third-order valence-electron chi connectivity index (χ3n) is 3.57. The van der Waals surface area contributed by atoms with Crippen LogP contribution in [0.2, 0.25) is 6.04 Å². The third-order valence-corrected chi connectivity index (χ3v) is 6.72. The van der Waals surface area contributed by atoms with Crippen molar-refractivity contribution in [2.45, 2.75) is 59.9 Å². The summed E-state index contributed by atoms with van der Waals surface area (Å²) in [4.78, 5) is 16.7. The van der Waals surface area contributed by atoms with Crippen LogP contribution >= 0.6 is 0 Å². The van der Waals surface area contributed by atoms with Crippen molar-refractivity contribution < 1.29 is 18.1 Å². The van der Waals surface area contributed by atoms with E-state index in [0.717, 1.165) is 6.42 Å². The molecule has 0 radical (unpaired) electrons. The molecule has 0 bridgehead atoms. The molecule has 0 unspecified atom stereocenters. The van der Waals surface area contributed by atoms with E-state index in [1.165, 1.54) is 4.68 Å². The van der Waals surface area contributed by atoms with Crippen molar-refractivity contribution in [1.82, 2.24) is 20.1 Å². The molecule has 1 heterocycles. The Morgan fingerprint density at radius 1 is 1.04 bits per heavy atom. The number of aryl methyl sites for hydroxylation is 2. The van der Waals surface area contributed by atoms with Gasteiger partial charge in [0.1, 0.15) is 5.82 Å². The lowest BCUT2D eigenvalue weighted by Crippen LogP contribution is -2.46. The standard InChI is InChI=1S/C16H32N4O4Si/c1-6-14-18-15(7-2)20(19-14)16(21)17-12-11-13-25(22-8-3,23-9-4)24-10-5/h6-13H2,1-5H3,(H,17,21). The monoisotopic (exact) mass is 372 g/mol. The summed E-state index contributed by atoms with van der Waals surface area (Å²) in [7, 11) is -2.65. The normalized spacial score (nSPS) is 11.7. The Labute approximate surface area is 151 Å². The Bertz CT molecular complexity index is 507. The predicted octanol–water partition coefficient (Wildman–Crippen LogP) is 2.40. The van der Waals surface area contributed by atoms with E-state index in [4.69, 9.17) is 13.3 Å². The zero-order valence-electron chi connectivity index (χ0n) is 16.1. The minimum atomic E-state index is -2.65. The molecule has 0 fully saturated rings. The summed E-state index contributed by atoms with van der Waals surface area (Å²) in [6, 6.07) is 0.418. The highest BCUT2D eigenvalue weighted by atomic mass is 28.4. The molecule has 1 aromatic rings. The SMILES string of the molecule is CCO[Si](CCCNC(=O)n1nc(CC)nc1CC)(OCC)OCC. The minimum Gasteiger partial charge on any atom is -0.374 e.